The predicted octanol–water partition coefficient (Wildman–Crippen LogP) is 0.289. The minimum Gasteiger partial charge on any atom is -0.480 e. The molecule has 1 aliphatic rings. The Balaban J connectivity index is 2.50. The highest BCUT2D eigenvalue weighted by Crippen LogP contribution is 2.22. The molecule has 1 atom stereocenters. The summed E-state index contributed by atoms with van der Waals surface area (Å²) in [5.74, 6) is -1.74. The summed E-state index contributed by atoms with van der Waals surface area (Å²) in [6, 6.07) is -1.32. The molecule has 0 aromatic rings. The summed E-state index contributed by atoms with van der Waals surface area (Å²) in [6.07, 6.45) is 4.02. The third-order valence-electron chi connectivity index (χ3n) is 3.47. The largest absolute Gasteiger partial charge is 0.480 e. The van der Waals surface area contributed by atoms with Crippen molar-refractivity contribution in [3.63, 3.8) is 0 Å². The number of nitrogens with two attached hydrogens (primary N) is 1. The molecule has 1 fully saturated rings. The van der Waals surface area contributed by atoms with Crippen molar-refractivity contribution >= 4 is 17.9 Å². The van der Waals surface area contributed by atoms with Gasteiger partial charge >= 0.3 is 12.0 Å². The molecule has 4 N–H and O–H groups in total. The van der Waals surface area contributed by atoms with Gasteiger partial charge in [0.1, 0.15) is 6.04 Å². The summed E-state index contributed by atoms with van der Waals surface area (Å²) in [5.41, 5.74) is 4.98. The minimum atomic E-state index is -1.16. The van der Waals surface area contributed by atoms with Crippen LogP contribution in [0.5, 0.6) is 0 Å². The molecule has 0 bridgehead atoms. The molecule has 1 aliphatic carbocycles. The van der Waals surface area contributed by atoms with Gasteiger partial charge in [0, 0.05) is 19.5 Å². The van der Waals surface area contributed by atoms with Crippen LogP contribution in [0.3, 0.4) is 0 Å². The number of carboxylic acid groups (broad SMARTS) is 1. The summed E-state index contributed by atoms with van der Waals surface area (Å²) in [6.45, 7) is 0. The fraction of sp³-hybridized carbons (Fsp3) is 0.750. The van der Waals surface area contributed by atoms with Gasteiger partial charge in [-0.05, 0) is 19.3 Å². The number of amides is 3. The van der Waals surface area contributed by atoms with Crippen LogP contribution < -0.4 is 11.1 Å². The van der Waals surface area contributed by atoms with E-state index in [0.29, 0.717) is 0 Å². The standard InChI is InChI=1S/C12H21N3O4/c1-15(8-4-2-3-5-8)12(19)14-9(11(17)18)6-7-10(13)16/h8-9H,2-7H2,1H3,(H2,13,16)(H,14,19)(H,17,18)/t9-/m1/s1. The summed E-state index contributed by atoms with van der Waals surface area (Å²) in [7, 11) is 1.66. The Morgan fingerprint density at radius 3 is 2.42 bits per heavy atom. The summed E-state index contributed by atoms with van der Waals surface area (Å²) >= 11 is 0. The van der Waals surface area contributed by atoms with Crippen molar-refractivity contribution < 1.29 is 19.5 Å². The third kappa shape index (κ3) is 4.76. The molecule has 0 saturated heterocycles. The quantitative estimate of drug-likeness (QED) is 0.644. The van der Waals surface area contributed by atoms with Crippen LogP contribution in [0.2, 0.25) is 0 Å². The van der Waals surface area contributed by atoms with Gasteiger partial charge in [-0.1, -0.05) is 12.8 Å². The maximum atomic E-state index is 11.9. The number of urea groups is 1. The van der Waals surface area contributed by atoms with Gasteiger partial charge in [-0.25, -0.2) is 9.59 Å². The summed E-state index contributed by atoms with van der Waals surface area (Å²) in [5, 5.41) is 11.4. The number of carbonyl (C=O) groups is 3. The third-order valence-corrected chi connectivity index (χ3v) is 3.47. The Morgan fingerprint density at radius 2 is 1.95 bits per heavy atom. The van der Waals surface area contributed by atoms with Crippen molar-refractivity contribution in [3.05, 3.63) is 0 Å². The van der Waals surface area contributed by atoms with Crippen LogP contribution in [0.1, 0.15) is 38.5 Å². The van der Waals surface area contributed by atoms with E-state index in [4.69, 9.17) is 10.8 Å². The Bertz CT molecular complexity index is 353. The van der Waals surface area contributed by atoms with Crippen molar-refractivity contribution in [3.8, 4) is 0 Å². The van der Waals surface area contributed by atoms with E-state index in [2.05, 4.69) is 5.32 Å². The van der Waals surface area contributed by atoms with Crippen LogP contribution in [-0.2, 0) is 9.59 Å². The molecule has 7 heteroatoms. The summed E-state index contributed by atoms with van der Waals surface area (Å²) in [4.78, 5) is 35.1. The molecular weight excluding hydrogens is 250 g/mol. The van der Waals surface area contributed by atoms with Crippen LogP contribution in [0.25, 0.3) is 0 Å². The first-order chi connectivity index (χ1) is 8.91. The van der Waals surface area contributed by atoms with Crippen molar-refractivity contribution in [2.24, 2.45) is 5.73 Å². The molecular formula is C12H21N3O4. The van der Waals surface area contributed by atoms with Crippen LogP contribution in [0.15, 0.2) is 0 Å². The summed E-state index contributed by atoms with van der Waals surface area (Å²) < 4.78 is 0. The zero-order chi connectivity index (χ0) is 14.4. The zero-order valence-electron chi connectivity index (χ0n) is 11.1. The van der Waals surface area contributed by atoms with Crippen molar-refractivity contribution in [1.29, 1.82) is 0 Å². The van der Waals surface area contributed by atoms with Gasteiger partial charge in [-0.15, -0.1) is 0 Å². The number of nitrogens with zero attached hydrogens (tertiary/aromatic N) is 1. The molecule has 7 nitrogen and oxygen atoms in total. The monoisotopic (exact) mass is 271 g/mol. The number of hydrogen-bond donors (Lipinski definition) is 3. The second kappa shape index (κ2) is 6.96. The SMILES string of the molecule is CN(C(=O)N[C@H](CCC(N)=O)C(=O)O)C1CCCC1. The van der Waals surface area contributed by atoms with E-state index < -0.39 is 23.9 Å². The van der Waals surface area contributed by atoms with Gasteiger partial charge in [-0.3, -0.25) is 4.79 Å². The molecule has 0 unspecified atom stereocenters. The van der Waals surface area contributed by atoms with Crippen molar-refractivity contribution in [2.45, 2.75) is 50.6 Å². The number of hydrogen-bond acceptors (Lipinski definition) is 3. The lowest BCUT2D eigenvalue weighted by molar-refractivity contribution is -0.139. The maximum Gasteiger partial charge on any atom is 0.326 e. The minimum absolute atomic E-state index is 0.00884. The number of nitrogens with one attached hydrogen (secondary N) is 1. The highest BCUT2D eigenvalue weighted by Gasteiger charge is 2.27. The molecule has 108 valence electrons. The van der Waals surface area contributed by atoms with Gasteiger partial charge in [0.05, 0.1) is 0 Å². The average molecular weight is 271 g/mol. The Hall–Kier alpha value is -1.79. The molecule has 0 aliphatic heterocycles. The number of primary amides is 1. The first kappa shape index (κ1) is 15.3. The normalized spacial score (nSPS) is 16.9. The Labute approximate surface area is 112 Å². The molecule has 1 saturated carbocycles. The van der Waals surface area contributed by atoms with E-state index in [1.54, 1.807) is 11.9 Å². The molecule has 3 amide bonds. The fourth-order valence-electron chi connectivity index (χ4n) is 2.25. The first-order valence-corrected chi connectivity index (χ1v) is 6.46. The van der Waals surface area contributed by atoms with E-state index in [1.165, 1.54) is 0 Å². The molecule has 19 heavy (non-hydrogen) atoms. The lowest BCUT2D eigenvalue weighted by Gasteiger charge is -2.26. The predicted molar refractivity (Wildman–Crippen MR) is 68.4 cm³/mol. The molecule has 0 aromatic heterocycles. The lowest BCUT2D eigenvalue weighted by atomic mass is 10.1. The fourth-order valence-corrected chi connectivity index (χ4v) is 2.25. The number of aliphatic carboxylic acids is 1. The Morgan fingerprint density at radius 1 is 1.37 bits per heavy atom. The van der Waals surface area contributed by atoms with E-state index >= 15 is 0 Å². The van der Waals surface area contributed by atoms with Crippen LogP contribution >= 0.6 is 0 Å². The highest BCUT2D eigenvalue weighted by molar-refractivity contribution is 5.83. The molecule has 0 aromatic carbocycles. The lowest BCUT2D eigenvalue weighted by Crippen LogP contribution is -2.49. The highest BCUT2D eigenvalue weighted by atomic mass is 16.4. The van der Waals surface area contributed by atoms with Crippen LogP contribution in [-0.4, -0.2) is 47.0 Å². The number of carbonyl (C=O) groups excluding carboxylic acids is 2. The maximum absolute atomic E-state index is 11.9. The van der Waals surface area contributed by atoms with E-state index in [1.807, 2.05) is 0 Å². The Kier molecular flexibility index (Phi) is 5.59. The molecule has 0 spiro atoms. The molecule has 0 heterocycles. The van der Waals surface area contributed by atoms with Crippen LogP contribution in [0, 0.1) is 0 Å². The average Bonchev–Trinajstić information content (AvgIpc) is 2.86. The van der Waals surface area contributed by atoms with Gasteiger partial charge in [-0.2, -0.15) is 0 Å². The van der Waals surface area contributed by atoms with Gasteiger partial charge in [0.2, 0.25) is 5.91 Å². The van der Waals surface area contributed by atoms with E-state index in [9.17, 15) is 14.4 Å². The van der Waals surface area contributed by atoms with Gasteiger partial charge in [0.15, 0.2) is 0 Å². The van der Waals surface area contributed by atoms with Crippen LogP contribution in [0.4, 0.5) is 4.79 Å². The topological polar surface area (TPSA) is 113 Å². The van der Waals surface area contributed by atoms with Gasteiger partial charge in [0.25, 0.3) is 0 Å². The second-order valence-electron chi connectivity index (χ2n) is 4.89. The van der Waals surface area contributed by atoms with Crippen molar-refractivity contribution in [1.82, 2.24) is 10.2 Å². The number of rotatable bonds is 6. The molecule has 1 rings (SSSR count). The zero-order valence-corrected chi connectivity index (χ0v) is 11.1. The van der Waals surface area contributed by atoms with E-state index in [-0.39, 0.29) is 18.9 Å². The first-order valence-electron chi connectivity index (χ1n) is 6.46. The number of carboxylic acids is 1. The van der Waals surface area contributed by atoms with Gasteiger partial charge < -0.3 is 21.1 Å². The molecule has 0 radical (unpaired) electrons. The van der Waals surface area contributed by atoms with Crippen molar-refractivity contribution in [2.75, 3.05) is 7.05 Å². The smallest absolute Gasteiger partial charge is 0.326 e. The van der Waals surface area contributed by atoms with E-state index in [0.717, 1.165) is 25.7 Å². The second-order valence-corrected chi connectivity index (χ2v) is 4.89.